The number of piperazine rings is 1. The van der Waals surface area contributed by atoms with E-state index in [1.54, 1.807) is 0 Å². The SMILES string of the molecule is C[C@@H]1C[C@H](C)CN(C(=O)CN2CCN(CC(=O)Nc3cc(Cl)ccc3F)CC2)C1. The quantitative estimate of drug-likeness (QED) is 0.789. The summed E-state index contributed by atoms with van der Waals surface area (Å²) in [5.41, 5.74) is 0.0942. The predicted octanol–water partition coefficient (Wildman–Crippen LogP) is 2.54. The van der Waals surface area contributed by atoms with Crippen molar-refractivity contribution in [1.82, 2.24) is 14.7 Å². The van der Waals surface area contributed by atoms with Crippen molar-refractivity contribution in [2.75, 3.05) is 57.7 Å². The molecular formula is C21H30ClFN4O2. The molecule has 2 atom stereocenters. The Balaban J connectivity index is 1.41. The van der Waals surface area contributed by atoms with E-state index >= 15 is 0 Å². The van der Waals surface area contributed by atoms with E-state index in [0.29, 0.717) is 36.5 Å². The molecule has 1 N–H and O–H groups in total. The number of benzene rings is 1. The third-order valence-electron chi connectivity index (χ3n) is 5.62. The molecule has 0 spiro atoms. The molecule has 160 valence electrons. The van der Waals surface area contributed by atoms with Crippen LogP contribution >= 0.6 is 11.6 Å². The Labute approximate surface area is 177 Å². The maximum atomic E-state index is 13.8. The summed E-state index contributed by atoms with van der Waals surface area (Å²) in [6.45, 7) is 9.61. The van der Waals surface area contributed by atoms with E-state index in [0.717, 1.165) is 26.2 Å². The number of anilines is 1. The largest absolute Gasteiger partial charge is 0.341 e. The number of halogens is 2. The standard InChI is InChI=1S/C21H30ClFN4O2/c1-15-9-16(2)12-27(11-15)21(29)14-26-7-5-25(6-8-26)13-20(28)24-19-10-17(22)3-4-18(19)23/h3-4,10,15-16H,5-9,11-14H2,1-2H3,(H,24,28)/t15-,16+. The highest BCUT2D eigenvalue weighted by molar-refractivity contribution is 6.30. The molecule has 1 aromatic rings. The van der Waals surface area contributed by atoms with E-state index in [1.807, 2.05) is 9.80 Å². The number of hydrogen-bond donors (Lipinski definition) is 1. The smallest absolute Gasteiger partial charge is 0.238 e. The number of nitrogens with zero attached hydrogens (tertiary/aromatic N) is 3. The molecule has 2 saturated heterocycles. The number of hydrogen-bond acceptors (Lipinski definition) is 4. The van der Waals surface area contributed by atoms with Crippen LogP contribution < -0.4 is 5.32 Å². The third kappa shape index (κ3) is 6.39. The number of piperidine rings is 1. The zero-order valence-corrected chi connectivity index (χ0v) is 17.9. The first-order chi connectivity index (χ1) is 13.8. The highest BCUT2D eigenvalue weighted by Gasteiger charge is 2.27. The second kappa shape index (κ2) is 9.87. The van der Waals surface area contributed by atoms with Crippen molar-refractivity contribution < 1.29 is 14.0 Å². The second-order valence-electron chi connectivity index (χ2n) is 8.47. The first kappa shape index (κ1) is 22.0. The first-order valence-electron chi connectivity index (χ1n) is 10.3. The van der Waals surface area contributed by atoms with Gasteiger partial charge in [0.15, 0.2) is 0 Å². The molecule has 8 heteroatoms. The van der Waals surface area contributed by atoms with Gasteiger partial charge in [0.2, 0.25) is 11.8 Å². The molecule has 29 heavy (non-hydrogen) atoms. The van der Waals surface area contributed by atoms with Gasteiger partial charge in [-0.25, -0.2) is 4.39 Å². The molecule has 0 aromatic heterocycles. The molecule has 2 aliphatic heterocycles. The Morgan fingerprint density at radius 2 is 1.66 bits per heavy atom. The minimum Gasteiger partial charge on any atom is -0.341 e. The number of carbonyl (C=O) groups is 2. The van der Waals surface area contributed by atoms with Gasteiger partial charge >= 0.3 is 0 Å². The van der Waals surface area contributed by atoms with Crippen molar-refractivity contribution in [3.8, 4) is 0 Å². The van der Waals surface area contributed by atoms with E-state index in [1.165, 1.54) is 24.6 Å². The van der Waals surface area contributed by atoms with Gasteiger partial charge in [0, 0.05) is 44.3 Å². The lowest BCUT2D eigenvalue weighted by atomic mass is 9.92. The van der Waals surface area contributed by atoms with Gasteiger partial charge in [-0.2, -0.15) is 0 Å². The third-order valence-corrected chi connectivity index (χ3v) is 5.85. The van der Waals surface area contributed by atoms with E-state index in [4.69, 9.17) is 11.6 Å². The van der Waals surface area contributed by atoms with Gasteiger partial charge < -0.3 is 10.2 Å². The first-order valence-corrected chi connectivity index (χ1v) is 10.7. The summed E-state index contributed by atoms with van der Waals surface area (Å²) >= 11 is 5.86. The van der Waals surface area contributed by atoms with Crippen molar-refractivity contribution in [3.05, 3.63) is 29.0 Å². The van der Waals surface area contributed by atoms with Crippen molar-refractivity contribution in [1.29, 1.82) is 0 Å². The monoisotopic (exact) mass is 424 g/mol. The van der Waals surface area contributed by atoms with Gasteiger partial charge in [-0.15, -0.1) is 0 Å². The molecule has 3 rings (SSSR count). The van der Waals surface area contributed by atoms with Gasteiger partial charge in [-0.3, -0.25) is 19.4 Å². The molecule has 0 radical (unpaired) electrons. The van der Waals surface area contributed by atoms with Crippen LogP contribution in [0, 0.1) is 17.7 Å². The Morgan fingerprint density at radius 3 is 2.28 bits per heavy atom. The summed E-state index contributed by atoms with van der Waals surface area (Å²) in [5, 5.41) is 2.95. The molecule has 0 bridgehead atoms. The molecule has 0 saturated carbocycles. The maximum absolute atomic E-state index is 13.8. The van der Waals surface area contributed by atoms with Crippen LogP contribution in [0.15, 0.2) is 18.2 Å². The van der Waals surface area contributed by atoms with Crippen LogP contribution in [0.2, 0.25) is 5.02 Å². The van der Waals surface area contributed by atoms with Crippen molar-refractivity contribution in [2.45, 2.75) is 20.3 Å². The van der Waals surface area contributed by atoms with Crippen LogP contribution in [0.5, 0.6) is 0 Å². The van der Waals surface area contributed by atoms with Gasteiger partial charge in [0.1, 0.15) is 5.82 Å². The van der Waals surface area contributed by atoms with E-state index < -0.39 is 5.82 Å². The summed E-state index contributed by atoms with van der Waals surface area (Å²) in [7, 11) is 0. The minimum atomic E-state index is -0.507. The molecule has 0 unspecified atom stereocenters. The second-order valence-corrected chi connectivity index (χ2v) is 8.91. The zero-order chi connectivity index (χ0) is 21.0. The molecule has 1 aromatic carbocycles. The summed E-state index contributed by atoms with van der Waals surface area (Å²) in [6.07, 6.45) is 1.18. The molecule has 2 aliphatic rings. The summed E-state index contributed by atoms with van der Waals surface area (Å²) in [4.78, 5) is 31.0. The van der Waals surface area contributed by atoms with Crippen molar-refractivity contribution in [3.63, 3.8) is 0 Å². The van der Waals surface area contributed by atoms with E-state index in [9.17, 15) is 14.0 Å². The highest BCUT2D eigenvalue weighted by Crippen LogP contribution is 2.21. The summed E-state index contributed by atoms with van der Waals surface area (Å²) in [5.74, 6) is 0.537. The Morgan fingerprint density at radius 1 is 1.07 bits per heavy atom. The fraction of sp³-hybridized carbons (Fsp3) is 0.619. The lowest BCUT2D eigenvalue weighted by Crippen LogP contribution is -2.52. The fourth-order valence-electron chi connectivity index (χ4n) is 4.25. The Bertz CT molecular complexity index is 729. The number of carbonyl (C=O) groups excluding carboxylic acids is 2. The number of likely N-dealkylation sites (tertiary alicyclic amines) is 1. The van der Waals surface area contributed by atoms with Gasteiger partial charge in [0.05, 0.1) is 18.8 Å². The fourth-order valence-corrected chi connectivity index (χ4v) is 4.42. The molecule has 6 nitrogen and oxygen atoms in total. The molecule has 0 aliphatic carbocycles. The molecule has 2 heterocycles. The Kier molecular flexibility index (Phi) is 7.49. The van der Waals surface area contributed by atoms with Crippen LogP contribution in [0.3, 0.4) is 0 Å². The minimum absolute atomic E-state index is 0.0942. The molecule has 2 amide bonds. The van der Waals surface area contributed by atoms with E-state index in [2.05, 4.69) is 24.1 Å². The molecule has 2 fully saturated rings. The van der Waals surface area contributed by atoms with Crippen LogP contribution in [0.4, 0.5) is 10.1 Å². The highest BCUT2D eigenvalue weighted by atomic mass is 35.5. The molecular weight excluding hydrogens is 395 g/mol. The lowest BCUT2D eigenvalue weighted by Gasteiger charge is -2.38. The Hall–Kier alpha value is -1.70. The van der Waals surface area contributed by atoms with Crippen LogP contribution in [0.25, 0.3) is 0 Å². The van der Waals surface area contributed by atoms with E-state index in [-0.39, 0.29) is 24.0 Å². The van der Waals surface area contributed by atoms with Crippen molar-refractivity contribution >= 4 is 29.1 Å². The summed E-state index contributed by atoms with van der Waals surface area (Å²) in [6, 6.07) is 4.08. The normalized spacial score (nSPS) is 23.8. The number of amides is 2. The average Bonchev–Trinajstić information content (AvgIpc) is 2.65. The maximum Gasteiger partial charge on any atom is 0.238 e. The van der Waals surface area contributed by atoms with Crippen LogP contribution in [0.1, 0.15) is 20.3 Å². The van der Waals surface area contributed by atoms with Gasteiger partial charge in [-0.05, 0) is 36.5 Å². The summed E-state index contributed by atoms with van der Waals surface area (Å²) < 4.78 is 13.8. The topological polar surface area (TPSA) is 55.9 Å². The van der Waals surface area contributed by atoms with Crippen molar-refractivity contribution in [2.24, 2.45) is 11.8 Å². The predicted molar refractivity (Wildman–Crippen MR) is 112 cm³/mol. The van der Waals surface area contributed by atoms with Crippen LogP contribution in [-0.2, 0) is 9.59 Å². The van der Waals surface area contributed by atoms with Crippen LogP contribution in [-0.4, -0.2) is 78.9 Å². The average molecular weight is 425 g/mol. The number of nitrogens with one attached hydrogen (secondary N) is 1. The van der Waals surface area contributed by atoms with Gasteiger partial charge in [0.25, 0.3) is 0 Å². The van der Waals surface area contributed by atoms with Gasteiger partial charge in [-0.1, -0.05) is 25.4 Å². The lowest BCUT2D eigenvalue weighted by molar-refractivity contribution is -0.135. The zero-order valence-electron chi connectivity index (χ0n) is 17.2. The number of rotatable bonds is 5.